The molecule has 92 valence electrons. The van der Waals surface area contributed by atoms with Crippen LogP contribution in [0, 0.1) is 0 Å². The van der Waals surface area contributed by atoms with Crippen LogP contribution in [0.15, 0.2) is 6.07 Å². The molecule has 0 saturated carbocycles. The summed E-state index contributed by atoms with van der Waals surface area (Å²) in [6, 6.07) is 1.34. The molecule has 5 nitrogen and oxygen atoms in total. The van der Waals surface area contributed by atoms with Crippen molar-refractivity contribution in [3.8, 4) is 5.75 Å². The van der Waals surface area contributed by atoms with Gasteiger partial charge in [0.1, 0.15) is 5.75 Å². The molecule has 0 fully saturated rings. The minimum absolute atomic E-state index is 0.00742. The Balaban J connectivity index is 3.39. The van der Waals surface area contributed by atoms with Crippen molar-refractivity contribution in [3.05, 3.63) is 22.2 Å². The number of esters is 1. The van der Waals surface area contributed by atoms with Crippen molar-refractivity contribution < 1.29 is 19.1 Å². The maximum absolute atomic E-state index is 11.6. The molecule has 0 aliphatic heterocycles. The molecule has 0 atom stereocenters. The van der Waals surface area contributed by atoms with Crippen LogP contribution in [-0.4, -0.2) is 26.0 Å². The van der Waals surface area contributed by atoms with Crippen LogP contribution in [0.1, 0.15) is 27.6 Å². The topological polar surface area (TPSA) is 78.6 Å². The lowest BCUT2D eigenvalue weighted by Crippen LogP contribution is -2.10. The van der Waals surface area contributed by atoms with E-state index >= 15 is 0 Å². The van der Waals surface area contributed by atoms with Crippen molar-refractivity contribution in [3.63, 3.8) is 0 Å². The van der Waals surface area contributed by atoms with Crippen molar-refractivity contribution in [2.24, 2.45) is 0 Å². The van der Waals surface area contributed by atoms with Crippen LogP contribution in [0.3, 0.4) is 0 Å². The number of halogens is 1. The van der Waals surface area contributed by atoms with Crippen molar-refractivity contribution in [2.75, 3.05) is 19.5 Å². The summed E-state index contributed by atoms with van der Waals surface area (Å²) in [4.78, 5) is 22.4. The molecule has 1 aromatic rings. The number of carbonyl (C=O) groups is 2. The van der Waals surface area contributed by atoms with Crippen LogP contribution in [0.5, 0.6) is 5.75 Å². The van der Waals surface area contributed by atoms with E-state index in [2.05, 4.69) is 0 Å². The minimum atomic E-state index is -0.609. The number of benzene rings is 1. The zero-order chi connectivity index (χ0) is 13.0. The van der Waals surface area contributed by atoms with Gasteiger partial charge in [-0.2, -0.15) is 0 Å². The molecule has 17 heavy (non-hydrogen) atoms. The molecular formula is C11H12ClNO4. The van der Waals surface area contributed by atoms with Gasteiger partial charge in [-0.15, -0.1) is 0 Å². The van der Waals surface area contributed by atoms with Crippen LogP contribution in [0.2, 0.25) is 5.02 Å². The minimum Gasteiger partial charge on any atom is -0.496 e. The fourth-order valence-corrected chi connectivity index (χ4v) is 1.55. The molecular weight excluding hydrogens is 246 g/mol. The molecule has 0 bridgehead atoms. The molecule has 1 aromatic carbocycles. The van der Waals surface area contributed by atoms with E-state index in [0.29, 0.717) is 6.29 Å². The molecule has 0 spiro atoms. The largest absolute Gasteiger partial charge is 0.496 e. The fraction of sp³-hybridized carbons (Fsp3) is 0.273. The summed E-state index contributed by atoms with van der Waals surface area (Å²) in [6.07, 6.45) is 0.520. The highest BCUT2D eigenvalue weighted by molar-refractivity contribution is 6.36. The number of anilines is 1. The van der Waals surface area contributed by atoms with E-state index in [0.717, 1.165) is 0 Å². The molecule has 6 heteroatoms. The molecule has 0 heterocycles. The number of carbonyl (C=O) groups excluding carboxylic acids is 2. The lowest BCUT2D eigenvalue weighted by atomic mass is 10.1. The summed E-state index contributed by atoms with van der Waals surface area (Å²) >= 11 is 5.88. The van der Waals surface area contributed by atoms with E-state index in [9.17, 15) is 9.59 Å². The average molecular weight is 258 g/mol. The molecule has 0 amide bonds. The Morgan fingerprint density at radius 1 is 1.59 bits per heavy atom. The Hall–Kier alpha value is -1.75. The third kappa shape index (κ3) is 2.50. The van der Waals surface area contributed by atoms with Crippen molar-refractivity contribution >= 4 is 29.5 Å². The van der Waals surface area contributed by atoms with Gasteiger partial charge in [-0.1, -0.05) is 11.6 Å². The summed E-state index contributed by atoms with van der Waals surface area (Å²) in [5.41, 5.74) is 5.87. The molecule has 0 aliphatic carbocycles. The van der Waals surface area contributed by atoms with Gasteiger partial charge in [-0.25, -0.2) is 4.79 Å². The van der Waals surface area contributed by atoms with Crippen molar-refractivity contribution in [1.29, 1.82) is 0 Å². The van der Waals surface area contributed by atoms with Gasteiger partial charge in [0.15, 0.2) is 6.29 Å². The molecule has 0 aromatic heterocycles. The smallest absolute Gasteiger partial charge is 0.340 e. The summed E-state index contributed by atoms with van der Waals surface area (Å²) in [5, 5.41) is -0.0117. The van der Waals surface area contributed by atoms with Crippen LogP contribution >= 0.6 is 11.6 Å². The summed E-state index contributed by atoms with van der Waals surface area (Å²) in [6.45, 7) is 1.89. The van der Waals surface area contributed by atoms with Crippen molar-refractivity contribution in [2.45, 2.75) is 6.92 Å². The number of nitrogens with two attached hydrogens (primary N) is 1. The van der Waals surface area contributed by atoms with Gasteiger partial charge in [0.05, 0.1) is 35.6 Å². The second-order valence-corrected chi connectivity index (χ2v) is 3.48. The first-order valence-corrected chi connectivity index (χ1v) is 5.22. The number of methoxy groups -OCH3 is 1. The van der Waals surface area contributed by atoms with Crippen LogP contribution in [-0.2, 0) is 4.74 Å². The molecule has 0 radical (unpaired) electrons. The lowest BCUT2D eigenvalue weighted by Gasteiger charge is -2.12. The maximum atomic E-state index is 11.6. The Morgan fingerprint density at radius 3 is 2.71 bits per heavy atom. The van der Waals surface area contributed by atoms with E-state index in [1.807, 2.05) is 0 Å². The zero-order valence-electron chi connectivity index (χ0n) is 9.45. The number of rotatable bonds is 4. The maximum Gasteiger partial charge on any atom is 0.340 e. The number of nitrogen functional groups attached to an aromatic ring is 1. The van der Waals surface area contributed by atoms with Gasteiger partial charge in [-0.05, 0) is 13.0 Å². The number of hydrogen-bond donors (Lipinski definition) is 1. The highest BCUT2D eigenvalue weighted by Crippen LogP contribution is 2.33. The summed E-state index contributed by atoms with van der Waals surface area (Å²) in [7, 11) is 1.36. The Labute approximate surface area is 103 Å². The monoisotopic (exact) mass is 257 g/mol. The molecule has 0 aliphatic rings. The second kappa shape index (κ2) is 5.54. The standard InChI is InChI=1S/C11H12ClNO4/c1-3-17-11(15)6-4-8(16-2)7(5-14)9(12)10(6)13/h4-5H,3,13H2,1-2H3. The predicted octanol–water partition coefficient (Wildman–Crippen LogP) is 1.92. The van der Waals surface area contributed by atoms with Crippen LogP contribution < -0.4 is 10.5 Å². The van der Waals surface area contributed by atoms with Gasteiger partial charge in [0.25, 0.3) is 0 Å². The number of ether oxygens (including phenoxy) is 2. The second-order valence-electron chi connectivity index (χ2n) is 3.11. The van der Waals surface area contributed by atoms with E-state index in [4.69, 9.17) is 26.8 Å². The van der Waals surface area contributed by atoms with Crippen molar-refractivity contribution in [1.82, 2.24) is 0 Å². The van der Waals surface area contributed by atoms with Gasteiger partial charge in [-0.3, -0.25) is 4.79 Å². The summed E-state index contributed by atoms with van der Waals surface area (Å²) < 4.78 is 9.78. The predicted molar refractivity (Wildman–Crippen MR) is 63.8 cm³/mol. The van der Waals surface area contributed by atoms with Crippen LogP contribution in [0.4, 0.5) is 5.69 Å². The van der Waals surface area contributed by atoms with E-state index in [1.54, 1.807) is 6.92 Å². The third-order valence-electron chi connectivity index (χ3n) is 2.14. The highest BCUT2D eigenvalue weighted by Gasteiger charge is 2.20. The molecule has 0 unspecified atom stereocenters. The van der Waals surface area contributed by atoms with Gasteiger partial charge in [0, 0.05) is 0 Å². The van der Waals surface area contributed by atoms with E-state index in [1.165, 1.54) is 13.2 Å². The third-order valence-corrected chi connectivity index (χ3v) is 2.54. The first kappa shape index (κ1) is 13.3. The zero-order valence-corrected chi connectivity index (χ0v) is 10.2. The van der Waals surface area contributed by atoms with Gasteiger partial charge < -0.3 is 15.2 Å². The first-order chi connectivity index (χ1) is 8.06. The first-order valence-electron chi connectivity index (χ1n) is 4.85. The average Bonchev–Trinajstić information content (AvgIpc) is 2.32. The quantitative estimate of drug-likeness (QED) is 0.506. The Morgan fingerprint density at radius 2 is 2.24 bits per heavy atom. The highest BCUT2D eigenvalue weighted by atomic mass is 35.5. The van der Waals surface area contributed by atoms with Gasteiger partial charge >= 0.3 is 5.97 Å². The SMILES string of the molecule is CCOC(=O)c1cc(OC)c(C=O)c(Cl)c1N. The Kier molecular flexibility index (Phi) is 4.34. The summed E-state index contributed by atoms with van der Waals surface area (Å²) in [5.74, 6) is -0.426. The Bertz CT molecular complexity index is 459. The lowest BCUT2D eigenvalue weighted by molar-refractivity contribution is 0.0527. The molecule has 1 rings (SSSR count). The number of aldehydes is 1. The van der Waals surface area contributed by atoms with E-state index in [-0.39, 0.29) is 34.2 Å². The normalized spacial score (nSPS) is 9.82. The van der Waals surface area contributed by atoms with Crippen LogP contribution in [0.25, 0.3) is 0 Å². The van der Waals surface area contributed by atoms with Gasteiger partial charge in [0.2, 0.25) is 0 Å². The molecule has 0 saturated heterocycles. The fourth-order valence-electron chi connectivity index (χ4n) is 1.31. The van der Waals surface area contributed by atoms with E-state index < -0.39 is 5.97 Å². The number of hydrogen-bond acceptors (Lipinski definition) is 5. The molecule has 2 N–H and O–H groups in total.